The summed E-state index contributed by atoms with van der Waals surface area (Å²) in [5.41, 5.74) is 0.547. The van der Waals surface area contributed by atoms with Gasteiger partial charge in [0.15, 0.2) is 5.96 Å². The molecule has 0 aliphatic carbocycles. The van der Waals surface area contributed by atoms with E-state index in [9.17, 15) is 9.90 Å². The zero-order valence-electron chi connectivity index (χ0n) is 16.5. The second-order valence-corrected chi connectivity index (χ2v) is 7.25. The van der Waals surface area contributed by atoms with E-state index in [1.165, 1.54) is 6.92 Å². The van der Waals surface area contributed by atoms with Crippen LogP contribution in [0.3, 0.4) is 0 Å². The Hall–Kier alpha value is -2.58. The molecule has 1 amide bonds. The van der Waals surface area contributed by atoms with E-state index in [-0.39, 0.29) is 12.5 Å². The Morgan fingerprint density at radius 3 is 2.82 bits per heavy atom. The minimum absolute atomic E-state index is 0.122. The molecule has 1 heterocycles. The van der Waals surface area contributed by atoms with Gasteiger partial charge in [0.1, 0.15) is 18.0 Å². The standard InChI is InChI=1S/C20H28N4O3S/c1-4-21-19(23-14-20(3,26)16-8-11-28-13-16)22-9-10-27-18-7-5-6-17(12-18)24-15(2)25/h5-8,11-13,26H,4,9-10,14H2,1-3H3,(H,24,25)(H2,21,22,23). The lowest BCUT2D eigenvalue weighted by atomic mass is 10.00. The minimum atomic E-state index is -1.01. The third-order valence-electron chi connectivity index (χ3n) is 3.85. The van der Waals surface area contributed by atoms with Crippen molar-refractivity contribution in [1.29, 1.82) is 0 Å². The summed E-state index contributed by atoms with van der Waals surface area (Å²) in [5.74, 6) is 1.17. The lowest BCUT2D eigenvalue weighted by Gasteiger charge is -2.21. The van der Waals surface area contributed by atoms with E-state index >= 15 is 0 Å². The number of anilines is 1. The number of guanidine groups is 1. The Morgan fingerprint density at radius 1 is 1.32 bits per heavy atom. The van der Waals surface area contributed by atoms with Crippen LogP contribution in [0.2, 0.25) is 0 Å². The van der Waals surface area contributed by atoms with Gasteiger partial charge in [0, 0.05) is 25.2 Å². The lowest BCUT2D eigenvalue weighted by molar-refractivity contribution is -0.114. The van der Waals surface area contributed by atoms with Crippen molar-refractivity contribution in [3.05, 3.63) is 46.7 Å². The number of amides is 1. The second kappa shape index (κ2) is 10.7. The molecule has 1 unspecified atom stereocenters. The molecule has 28 heavy (non-hydrogen) atoms. The fraction of sp³-hybridized carbons (Fsp3) is 0.400. The van der Waals surface area contributed by atoms with E-state index in [0.717, 1.165) is 5.56 Å². The van der Waals surface area contributed by atoms with Crippen molar-refractivity contribution < 1.29 is 14.6 Å². The Bertz CT molecular complexity index is 776. The van der Waals surface area contributed by atoms with Gasteiger partial charge in [0.2, 0.25) is 5.91 Å². The van der Waals surface area contributed by atoms with Crippen LogP contribution >= 0.6 is 11.3 Å². The van der Waals surface area contributed by atoms with Crippen molar-refractivity contribution in [1.82, 2.24) is 10.6 Å². The van der Waals surface area contributed by atoms with Crippen LogP contribution in [-0.4, -0.2) is 43.2 Å². The van der Waals surface area contributed by atoms with E-state index < -0.39 is 5.60 Å². The highest BCUT2D eigenvalue weighted by molar-refractivity contribution is 7.08. The first kappa shape index (κ1) is 21.7. The van der Waals surface area contributed by atoms with Gasteiger partial charge in [-0.1, -0.05) is 6.07 Å². The zero-order valence-corrected chi connectivity index (χ0v) is 17.3. The maximum atomic E-state index is 11.1. The SMILES string of the molecule is CCNC(=NCC(C)(O)c1ccsc1)NCCOc1cccc(NC(C)=O)c1. The topological polar surface area (TPSA) is 95.0 Å². The number of hydrogen-bond acceptors (Lipinski definition) is 5. The number of carbonyl (C=O) groups is 1. The smallest absolute Gasteiger partial charge is 0.221 e. The van der Waals surface area contributed by atoms with E-state index in [1.54, 1.807) is 24.3 Å². The summed E-state index contributed by atoms with van der Waals surface area (Å²) in [6, 6.07) is 9.15. The fourth-order valence-corrected chi connectivity index (χ4v) is 3.22. The molecule has 0 saturated heterocycles. The number of benzene rings is 1. The van der Waals surface area contributed by atoms with Crippen molar-refractivity contribution in [2.75, 3.05) is 31.6 Å². The summed E-state index contributed by atoms with van der Waals surface area (Å²) < 4.78 is 5.72. The quantitative estimate of drug-likeness (QED) is 0.293. The first-order valence-corrected chi connectivity index (χ1v) is 10.1. The molecule has 2 aromatic rings. The van der Waals surface area contributed by atoms with Gasteiger partial charge in [0.25, 0.3) is 0 Å². The molecule has 7 nitrogen and oxygen atoms in total. The number of ether oxygens (including phenoxy) is 1. The molecular formula is C20H28N4O3S. The Morgan fingerprint density at radius 2 is 2.14 bits per heavy atom. The number of aliphatic imine (C=N–C) groups is 1. The molecule has 1 atom stereocenters. The van der Waals surface area contributed by atoms with Gasteiger partial charge in [-0.25, -0.2) is 4.99 Å². The third kappa shape index (κ3) is 7.21. The summed E-state index contributed by atoms with van der Waals surface area (Å²) in [7, 11) is 0. The van der Waals surface area contributed by atoms with Crippen LogP contribution in [0.15, 0.2) is 46.1 Å². The number of aliphatic hydroxyl groups is 1. The predicted octanol–water partition coefficient (Wildman–Crippen LogP) is 2.55. The maximum absolute atomic E-state index is 11.1. The summed E-state index contributed by atoms with van der Waals surface area (Å²) in [5, 5.41) is 23.5. The molecule has 1 aromatic carbocycles. The Labute approximate surface area is 169 Å². The van der Waals surface area contributed by atoms with Gasteiger partial charge < -0.3 is 25.8 Å². The van der Waals surface area contributed by atoms with Crippen molar-refractivity contribution in [2.24, 2.45) is 4.99 Å². The number of rotatable bonds is 9. The number of thiophene rings is 1. The monoisotopic (exact) mass is 404 g/mol. The molecule has 0 bridgehead atoms. The Kier molecular flexibility index (Phi) is 8.28. The van der Waals surface area contributed by atoms with Gasteiger partial charge in [-0.3, -0.25) is 4.79 Å². The average Bonchev–Trinajstić information content (AvgIpc) is 3.19. The largest absolute Gasteiger partial charge is 0.492 e. The van der Waals surface area contributed by atoms with E-state index in [0.29, 0.717) is 37.1 Å². The fourth-order valence-electron chi connectivity index (χ4n) is 2.44. The molecule has 0 saturated carbocycles. The van der Waals surface area contributed by atoms with E-state index in [4.69, 9.17) is 4.74 Å². The molecule has 152 valence electrons. The van der Waals surface area contributed by atoms with Crippen molar-refractivity contribution in [2.45, 2.75) is 26.4 Å². The molecular weight excluding hydrogens is 376 g/mol. The second-order valence-electron chi connectivity index (χ2n) is 6.47. The normalized spacial score (nSPS) is 13.5. The van der Waals surface area contributed by atoms with Crippen LogP contribution in [0.25, 0.3) is 0 Å². The average molecular weight is 405 g/mol. The minimum Gasteiger partial charge on any atom is -0.492 e. The molecule has 2 rings (SSSR count). The molecule has 0 spiro atoms. The number of hydrogen-bond donors (Lipinski definition) is 4. The molecule has 1 aromatic heterocycles. The number of carbonyl (C=O) groups excluding carboxylic acids is 1. The van der Waals surface area contributed by atoms with Crippen molar-refractivity contribution in [3.8, 4) is 5.75 Å². The van der Waals surface area contributed by atoms with Crippen molar-refractivity contribution in [3.63, 3.8) is 0 Å². The predicted molar refractivity (Wildman–Crippen MR) is 114 cm³/mol. The lowest BCUT2D eigenvalue weighted by Crippen LogP contribution is -2.40. The maximum Gasteiger partial charge on any atom is 0.221 e. The summed E-state index contributed by atoms with van der Waals surface area (Å²) in [4.78, 5) is 15.6. The van der Waals surface area contributed by atoms with Crippen LogP contribution in [-0.2, 0) is 10.4 Å². The van der Waals surface area contributed by atoms with Gasteiger partial charge in [-0.15, -0.1) is 0 Å². The summed E-state index contributed by atoms with van der Waals surface area (Å²) in [6.07, 6.45) is 0. The van der Waals surface area contributed by atoms with Crippen LogP contribution in [0.5, 0.6) is 5.75 Å². The number of nitrogens with zero attached hydrogens (tertiary/aromatic N) is 1. The van der Waals surface area contributed by atoms with Gasteiger partial charge in [-0.05, 0) is 48.4 Å². The van der Waals surface area contributed by atoms with Crippen LogP contribution in [0, 0.1) is 0 Å². The third-order valence-corrected chi connectivity index (χ3v) is 4.53. The first-order chi connectivity index (χ1) is 13.4. The summed E-state index contributed by atoms with van der Waals surface area (Å²) in [6.45, 7) is 7.14. The van der Waals surface area contributed by atoms with Gasteiger partial charge >= 0.3 is 0 Å². The van der Waals surface area contributed by atoms with Crippen molar-refractivity contribution >= 4 is 28.9 Å². The van der Waals surface area contributed by atoms with Crippen LogP contribution in [0.4, 0.5) is 5.69 Å². The highest BCUT2D eigenvalue weighted by atomic mass is 32.1. The zero-order chi connectivity index (χ0) is 20.4. The molecule has 0 aliphatic rings. The summed E-state index contributed by atoms with van der Waals surface area (Å²) >= 11 is 1.55. The molecule has 0 radical (unpaired) electrons. The van der Waals surface area contributed by atoms with Crippen LogP contribution < -0.4 is 20.7 Å². The molecule has 8 heteroatoms. The van der Waals surface area contributed by atoms with E-state index in [1.807, 2.05) is 41.9 Å². The van der Waals surface area contributed by atoms with Crippen LogP contribution in [0.1, 0.15) is 26.3 Å². The highest BCUT2D eigenvalue weighted by Gasteiger charge is 2.23. The highest BCUT2D eigenvalue weighted by Crippen LogP contribution is 2.23. The number of nitrogens with one attached hydrogen (secondary N) is 3. The first-order valence-electron chi connectivity index (χ1n) is 9.18. The molecule has 0 aliphatic heterocycles. The Balaban J connectivity index is 1.84. The molecule has 4 N–H and O–H groups in total. The molecule has 0 fully saturated rings. The van der Waals surface area contributed by atoms with E-state index in [2.05, 4.69) is 20.9 Å². The van der Waals surface area contributed by atoms with Gasteiger partial charge in [0.05, 0.1) is 13.1 Å². The van der Waals surface area contributed by atoms with Gasteiger partial charge in [-0.2, -0.15) is 11.3 Å².